The monoisotopic (exact) mass is 352 g/mol. The van der Waals surface area contributed by atoms with Crippen molar-refractivity contribution in [3.63, 3.8) is 0 Å². The number of nitrogens with zero attached hydrogens (tertiary/aromatic N) is 2. The summed E-state index contributed by atoms with van der Waals surface area (Å²) < 4.78 is 0. The predicted octanol–water partition coefficient (Wildman–Crippen LogP) is 5.73. The zero-order chi connectivity index (χ0) is 18.5. The number of hydrogen-bond acceptors (Lipinski definition) is 3. The van der Waals surface area contributed by atoms with Crippen LogP contribution >= 0.6 is 0 Å². The predicted molar refractivity (Wildman–Crippen MR) is 114 cm³/mol. The van der Waals surface area contributed by atoms with Crippen molar-refractivity contribution < 1.29 is 0 Å². The Labute approximate surface area is 158 Å². The maximum absolute atomic E-state index is 4.63. The first-order valence-electron chi connectivity index (χ1n) is 8.86. The van der Waals surface area contributed by atoms with Crippen LogP contribution in [0.2, 0.25) is 0 Å². The Balaban J connectivity index is 1.43. The highest BCUT2D eigenvalue weighted by atomic mass is 15.3. The fourth-order valence-corrected chi connectivity index (χ4v) is 2.76. The van der Waals surface area contributed by atoms with Crippen LogP contribution in [0.5, 0.6) is 0 Å². The minimum atomic E-state index is 0.869. The Hall–Kier alpha value is -3.66. The molecule has 4 aromatic rings. The summed E-state index contributed by atoms with van der Waals surface area (Å²) >= 11 is 0. The summed E-state index contributed by atoms with van der Waals surface area (Å²) in [5.74, 6) is 0.869. The normalized spacial score (nSPS) is 12.0. The maximum atomic E-state index is 4.63. The highest BCUT2D eigenvalue weighted by Gasteiger charge is 2.04. The first kappa shape index (κ1) is 16.8. The molecule has 4 heteroatoms. The van der Waals surface area contributed by atoms with Crippen molar-refractivity contribution in [3.05, 3.63) is 90.5 Å². The Morgan fingerprint density at radius 2 is 1.67 bits per heavy atom. The Morgan fingerprint density at radius 1 is 0.926 bits per heavy atom. The third kappa shape index (κ3) is 4.12. The van der Waals surface area contributed by atoms with Crippen LogP contribution in [-0.4, -0.2) is 15.7 Å². The standard InChI is InChI=1S/C23H20N4/c1-17(11-12-18-7-3-2-4-8-18)26-27-20-15-13-19(14-16-20)23-24-21-9-5-6-10-22(21)25-23/h2-16,27H,1H3,(H,24,25)/b12-11+,26-17+. The molecule has 0 aliphatic rings. The molecule has 2 N–H and O–H groups in total. The van der Waals surface area contributed by atoms with Crippen LogP contribution in [0.4, 0.5) is 5.69 Å². The zero-order valence-electron chi connectivity index (χ0n) is 15.1. The number of anilines is 1. The minimum Gasteiger partial charge on any atom is -0.338 e. The summed E-state index contributed by atoms with van der Waals surface area (Å²) in [6, 6.07) is 26.3. The molecule has 0 aliphatic carbocycles. The van der Waals surface area contributed by atoms with Gasteiger partial charge in [0, 0.05) is 5.56 Å². The number of hydrazone groups is 1. The van der Waals surface area contributed by atoms with Gasteiger partial charge in [-0.25, -0.2) is 4.98 Å². The van der Waals surface area contributed by atoms with Gasteiger partial charge in [0.15, 0.2) is 0 Å². The lowest BCUT2D eigenvalue weighted by Crippen LogP contribution is -1.94. The van der Waals surface area contributed by atoms with Gasteiger partial charge >= 0.3 is 0 Å². The summed E-state index contributed by atoms with van der Waals surface area (Å²) in [6.07, 6.45) is 4.04. The van der Waals surface area contributed by atoms with E-state index in [1.54, 1.807) is 0 Å². The molecule has 4 nitrogen and oxygen atoms in total. The van der Waals surface area contributed by atoms with Gasteiger partial charge in [-0.2, -0.15) is 5.10 Å². The van der Waals surface area contributed by atoms with Gasteiger partial charge in [0.25, 0.3) is 0 Å². The fourth-order valence-electron chi connectivity index (χ4n) is 2.76. The molecule has 0 amide bonds. The minimum absolute atomic E-state index is 0.869. The number of H-pyrrole nitrogens is 1. The Morgan fingerprint density at radius 3 is 2.44 bits per heavy atom. The van der Waals surface area contributed by atoms with Crippen LogP contribution in [0, 0.1) is 0 Å². The van der Waals surface area contributed by atoms with Crippen LogP contribution in [0.3, 0.4) is 0 Å². The second kappa shape index (κ2) is 7.70. The van der Waals surface area contributed by atoms with E-state index in [9.17, 15) is 0 Å². The van der Waals surface area contributed by atoms with E-state index in [1.165, 1.54) is 0 Å². The number of aromatic amines is 1. The van der Waals surface area contributed by atoms with Gasteiger partial charge in [0.2, 0.25) is 0 Å². The molecule has 27 heavy (non-hydrogen) atoms. The highest BCUT2D eigenvalue weighted by Crippen LogP contribution is 2.22. The molecule has 0 spiro atoms. The molecule has 0 bridgehead atoms. The number of para-hydroxylation sites is 2. The number of benzene rings is 3. The second-order valence-electron chi connectivity index (χ2n) is 6.29. The third-order valence-corrected chi connectivity index (χ3v) is 4.23. The van der Waals surface area contributed by atoms with E-state index in [2.05, 4.69) is 32.6 Å². The number of nitrogens with one attached hydrogen (secondary N) is 2. The molecular weight excluding hydrogens is 332 g/mol. The van der Waals surface area contributed by atoms with E-state index in [-0.39, 0.29) is 0 Å². The number of allylic oxidation sites excluding steroid dienone is 1. The van der Waals surface area contributed by atoms with Crippen molar-refractivity contribution >= 4 is 28.5 Å². The van der Waals surface area contributed by atoms with Crippen LogP contribution in [0.15, 0.2) is 90.0 Å². The summed E-state index contributed by atoms with van der Waals surface area (Å²) in [7, 11) is 0. The van der Waals surface area contributed by atoms with Crippen LogP contribution in [0.1, 0.15) is 12.5 Å². The van der Waals surface area contributed by atoms with Gasteiger partial charge in [-0.15, -0.1) is 0 Å². The largest absolute Gasteiger partial charge is 0.338 e. The fraction of sp³-hybridized carbons (Fsp3) is 0.0435. The average molecular weight is 352 g/mol. The molecule has 0 radical (unpaired) electrons. The topological polar surface area (TPSA) is 53.1 Å². The van der Waals surface area contributed by atoms with E-state index in [1.807, 2.05) is 85.8 Å². The van der Waals surface area contributed by atoms with Crippen LogP contribution < -0.4 is 5.43 Å². The number of hydrogen-bond donors (Lipinski definition) is 2. The first-order valence-corrected chi connectivity index (χ1v) is 8.86. The lowest BCUT2D eigenvalue weighted by Gasteiger charge is -2.02. The van der Waals surface area contributed by atoms with Gasteiger partial charge in [0.1, 0.15) is 5.82 Å². The molecule has 4 rings (SSSR count). The lowest BCUT2D eigenvalue weighted by molar-refractivity contribution is 1.31. The van der Waals surface area contributed by atoms with Gasteiger partial charge in [-0.05, 0) is 55.0 Å². The number of rotatable bonds is 5. The van der Waals surface area contributed by atoms with E-state index in [0.29, 0.717) is 0 Å². The molecule has 0 unspecified atom stereocenters. The van der Waals surface area contributed by atoms with E-state index >= 15 is 0 Å². The van der Waals surface area contributed by atoms with Crippen molar-refractivity contribution in [2.75, 3.05) is 5.43 Å². The molecule has 0 fully saturated rings. The average Bonchev–Trinajstić information content (AvgIpc) is 3.16. The quantitative estimate of drug-likeness (QED) is 0.356. The van der Waals surface area contributed by atoms with E-state index < -0.39 is 0 Å². The maximum Gasteiger partial charge on any atom is 0.138 e. The van der Waals surface area contributed by atoms with E-state index in [0.717, 1.165) is 39.4 Å². The zero-order valence-corrected chi connectivity index (χ0v) is 15.1. The van der Waals surface area contributed by atoms with Crippen LogP contribution in [0.25, 0.3) is 28.5 Å². The van der Waals surface area contributed by atoms with E-state index in [4.69, 9.17) is 0 Å². The summed E-state index contributed by atoms with van der Waals surface area (Å²) in [5.41, 5.74) is 9.14. The number of imidazole rings is 1. The first-order chi connectivity index (χ1) is 13.3. The lowest BCUT2D eigenvalue weighted by atomic mass is 10.2. The molecule has 0 saturated heterocycles. The second-order valence-corrected chi connectivity index (χ2v) is 6.29. The molecule has 0 saturated carbocycles. The summed E-state index contributed by atoms with van der Waals surface area (Å²) in [4.78, 5) is 7.97. The van der Waals surface area contributed by atoms with Crippen LogP contribution in [-0.2, 0) is 0 Å². The third-order valence-electron chi connectivity index (χ3n) is 4.23. The molecular formula is C23H20N4. The Bertz CT molecular complexity index is 1060. The van der Waals surface area contributed by atoms with Crippen molar-refractivity contribution in [1.29, 1.82) is 0 Å². The van der Waals surface area contributed by atoms with Crippen molar-refractivity contribution in [3.8, 4) is 11.4 Å². The van der Waals surface area contributed by atoms with Crippen molar-refractivity contribution in [2.24, 2.45) is 5.10 Å². The molecule has 3 aromatic carbocycles. The molecule has 0 aliphatic heterocycles. The van der Waals surface area contributed by atoms with Gasteiger partial charge in [-0.1, -0.05) is 48.5 Å². The SMILES string of the molecule is CC(/C=C/c1ccccc1)=N\Nc1ccc(-c2nc3ccccc3[nH]2)cc1. The van der Waals surface area contributed by atoms with Gasteiger partial charge in [-0.3, -0.25) is 5.43 Å². The van der Waals surface area contributed by atoms with Crippen molar-refractivity contribution in [2.45, 2.75) is 6.92 Å². The van der Waals surface area contributed by atoms with Gasteiger partial charge in [0.05, 0.1) is 22.4 Å². The highest BCUT2D eigenvalue weighted by molar-refractivity contribution is 5.96. The summed E-state index contributed by atoms with van der Waals surface area (Å²) in [6.45, 7) is 1.97. The molecule has 0 atom stereocenters. The Kier molecular flexibility index (Phi) is 4.79. The van der Waals surface area contributed by atoms with Crippen molar-refractivity contribution in [1.82, 2.24) is 9.97 Å². The summed E-state index contributed by atoms with van der Waals surface area (Å²) in [5, 5.41) is 4.40. The molecule has 132 valence electrons. The number of aromatic nitrogens is 2. The number of fused-ring (bicyclic) bond motifs is 1. The molecule has 1 aromatic heterocycles. The van der Waals surface area contributed by atoms with Gasteiger partial charge < -0.3 is 4.98 Å². The molecule has 1 heterocycles. The smallest absolute Gasteiger partial charge is 0.138 e.